The van der Waals surface area contributed by atoms with Gasteiger partial charge in [0, 0.05) is 0 Å². The second-order valence-corrected chi connectivity index (χ2v) is 7.49. The van der Waals surface area contributed by atoms with Gasteiger partial charge in [0.05, 0.1) is 5.60 Å². The van der Waals surface area contributed by atoms with Crippen LogP contribution in [-0.4, -0.2) is 10.7 Å². The number of rotatable bonds is 2. The minimum Gasteiger partial charge on any atom is -0.390 e. The van der Waals surface area contributed by atoms with E-state index >= 15 is 0 Å². The summed E-state index contributed by atoms with van der Waals surface area (Å²) in [5.41, 5.74) is 1.13. The van der Waals surface area contributed by atoms with Gasteiger partial charge >= 0.3 is 0 Å². The van der Waals surface area contributed by atoms with Gasteiger partial charge in [0.15, 0.2) is 0 Å². The summed E-state index contributed by atoms with van der Waals surface area (Å²) >= 11 is 0. The fourth-order valence-electron chi connectivity index (χ4n) is 5.64. The molecule has 0 radical (unpaired) electrons. The van der Waals surface area contributed by atoms with Gasteiger partial charge in [-0.25, -0.2) is 4.39 Å². The highest BCUT2D eigenvalue weighted by Crippen LogP contribution is 2.62. The maximum Gasteiger partial charge on any atom is 0.123 e. The Bertz CT molecular complexity index is 478. The summed E-state index contributed by atoms with van der Waals surface area (Å²) in [6.45, 7) is 0. The van der Waals surface area contributed by atoms with E-state index in [0.717, 1.165) is 37.5 Å². The van der Waals surface area contributed by atoms with Crippen molar-refractivity contribution in [3.05, 3.63) is 35.6 Å². The van der Waals surface area contributed by atoms with Crippen LogP contribution in [0.2, 0.25) is 0 Å². The lowest BCUT2D eigenvalue weighted by atomic mass is 9.47. The highest BCUT2D eigenvalue weighted by molar-refractivity contribution is 5.20. The molecule has 1 N–H and O–H groups in total. The molecule has 0 amide bonds. The Morgan fingerprint density at radius 1 is 1.05 bits per heavy atom. The van der Waals surface area contributed by atoms with Crippen molar-refractivity contribution in [3.63, 3.8) is 0 Å². The first kappa shape index (κ1) is 11.9. The van der Waals surface area contributed by atoms with Gasteiger partial charge in [-0.15, -0.1) is 0 Å². The van der Waals surface area contributed by atoms with Crippen LogP contribution in [-0.2, 0) is 6.42 Å². The summed E-state index contributed by atoms with van der Waals surface area (Å²) < 4.78 is 13.0. The van der Waals surface area contributed by atoms with Gasteiger partial charge in [0.2, 0.25) is 0 Å². The molecular formula is C17H21FO. The van der Waals surface area contributed by atoms with Gasteiger partial charge in [-0.2, -0.15) is 0 Å². The molecule has 0 aromatic heterocycles. The van der Waals surface area contributed by atoms with E-state index in [1.54, 1.807) is 12.1 Å². The summed E-state index contributed by atoms with van der Waals surface area (Å²) in [6.07, 6.45) is 7.89. The van der Waals surface area contributed by atoms with E-state index in [1.165, 1.54) is 24.8 Å². The van der Waals surface area contributed by atoms with Crippen LogP contribution in [0.25, 0.3) is 0 Å². The third kappa shape index (κ3) is 2.01. The Balaban J connectivity index is 1.61. The Labute approximate surface area is 113 Å². The van der Waals surface area contributed by atoms with Crippen LogP contribution in [0.3, 0.4) is 0 Å². The summed E-state index contributed by atoms with van der Waals surface area (Å²) in [4.78, 5) is 0. The Hall–Kier alpha value is -0.890. The van der Waals surface area contributed by atoms with Gasteiger partial charge in [-0.05, 0) is 79.9 Å². The van der Waals surface area contributed by atoms with E-state index in [9.17, 15) is 9.50 Å². The lowest BCUT2D eigenvalue weighted by molar-refractivity contribution is -0.163. The minimum atomic E-state index is -0.385. The topological polar surface area (TPSA) is 20.2 Å². The number of aliphatic hydroxyl groups is 1. The van der Waals surface area contributed by atoms with Gasteiger partial charge < -0.3 is 5.11 Å². The smallest absolute Gasteiger partial charge is 0.123 e. The summed E-state index contributed by atoms with van der Waals surface area (Å²) in [6, 6.07) is 6.95. The van der Waals surface area contributed by atoms with Crippen molar-refractivity contribution in [2.45, 2.75) is 50.5 Å². The molecule has 1 aromatic carbocycles. The molecule has 2 heteroatoms. The molecule has 0 spiro atoms. The summed E-state index contributed by atoms with van der Waals surface area (Å²) in [5, 5.41) is 10.7. The molecular weight excluding hydrogens is 239 g/mol. The average molecular weight is 260 g/mol. The molecule has 0 saturated heterocycles. The average Bonchev–Trinajstić information content (AvgIpc) is 2.28. The van der Waals surface area contributed by atoms with Gasteiger partial charge in [-0.3, -0.25) is 0 Å². The van der Waals surface area contributed by atoms with Crippen molar-refractivity contribution in [1.82, 2.24) is 0 Å². The quantitative estimate of drug-likeness (QED) is 0.859. The molecule has 4 bridgehead atoms. The second-order valence-electron chi connectivity index (χ2n) is 7.49. The molecule has 4 aliphatic rings. The predicted octanol–water partition coefficient (Wildman–Crippen LogP) is 3.70. The van der Waals surface area contributed by atoms with E-state index < -0.39 is 0 Å². The fraction of sp³-hybridized carbons (Fsp3) is 0.647. The van der Waals surface area contributed by atoms with Crippen LogP contribution in [0.4, 0.5) is 4.39 Å². The van der Waals surface area contributed by atoms with E-state index in [1.807, 2.05) is 12.1 Å². The lowest BCUT2D eigenvalue weighted by Gasteiger charge is -2.60. The van der Waals surface area contributed by atoms with Crippen molar-refractivity contribution in [2.24, 2.45) is 17.3 Å². The molecule has 2 unspecified atom stereocenters. The van der Waals surface area contributed by atoms with Crippen LogP contribution in [0, 0.1) is 23.1 Å². The Morgan fingerprint density at radius 2 is 1.68 bits per heavy atom. The van der Waals surface area contributed by atoms with E-state index in [4.69, 9.17) is 0 Å². The van der Waals surface area contributed by atoms with Crippen molar-refractivity contribution in [1.29, 1.82) is 0 Å². The van der Waals surface area contributed by atoms with Crippen molar-refractivity contribution in [3.8, 4) is 0 Å². The molecule has 4 fully saturated rings. The first-order valence-corrected chi connectivity index (χ1v) is 7.51. The van der Waals surface area contributed by atoms with Crippen LogP contribution in [0.15, 0.2) is 24.3 Å². The van der Waals surface area contributed by atoms with Gasteiger partial charge in [0.1, 0.15) is 5.82 Å². The van der Waals surface area contributed by atoms with Gasteiger partial charge in [0.25, 0.3) is 0 Å². The third-order valence-corrected chi connectivity index (χ3v) is 5.64. The van der Waals surface area contributed by atoms with Crippen molar-refractivity contribution < 1.29 is 9.50 Å². The molecule has 19 heavy (non-hydrogen) atoms. The zero-order chi connectivity index (χ0) is 13.1. The number of halogens is 1. The molecule has 1 aromatic rings. The molecule has 0 heterocycles. The number of benzene rings is 1. The van der Waals surface area contributed by atoms with E-state index in [2.05, 4.69) is 0 Å². The fourth-order valence-corrected chi connectivity index (χ4v) is 5.64. The lowest BCUT2D eigenvalue weighted by Crippen LogP contribution is -2.56. The van der Waals surface area contributed by atoms with E-state index in [0.29, 0.717) is 0 Å². The predicted molar refractivity (Wildman–Crippen MR) is 72.2 cm³/mol. The second kappa shape index (κ2) is 3.82. The molecule has 5 rings (SSSR count). The van der Waals surface area contributed by atoms with Crippen LogP contribution in [0.1, 0.15) is 44.1 Å². The summed E-state index contributed by atoms with van der Waals surface area (Å²) in [5.74, 6) is 1.30. The number of hydrogen-bond acceptors (Lipinski definition) is 1. The molecule has 1 nitrogen and oxygen atoms in total. The highest BCUT2D eigenvalue weighted by Gasteiger charge is 2.56. The largest absolute Gasteiger partial charge is 0.390 e. The molecule has 0 aliphatic heterocycles. The normalized spacial score (nSPS) is 43.7. The molecule has 4 aliphatic carbocycles. The monoisotopic (exact) mass is 260 g/mol. The number of hydrogen-bond donors (Lipinski definition) is 1. The molecule has 102 valence electrons. The zero-order valence-corrected chi connectivity index (χ0v) is 11.2. The summed E-state index contributed by atoms with van der Waals surface area (Å²) in [7, 11) is 0. The Morgan fingerprint density at radius 3 is 2.26 bits per heavy atom. The first-order chi connectivity index (χ1) is 9.04. The SMILES string of the molecule is OC12CC3CC(C1)CC(Cc1ccc(F)cc1)(C3)C2. The zero-order valence-electron chi connectivity index (χ0n) is 11.2. The maximum atomic E-state index is 13.0. The first-order valence-electron chi connectivity index (χ1n) is 7.51. The van der Waals surface area contributed by atoms with Crippen molar-refractivity contribution in [2.75, 3.05) is 0 Å². The molecule has 4 saturated carbocycles. The van der Waals surface area contributed by atoms with Crippen LogP contribution in [0.5, 0.6) is 0 Å². The minimum absolute atomic E-state index is 0.159. The standard InChI is InChI=1S/C17H21FO/c18-15-3-1-12(2-4-15)6-16-7-13-5-14(8-16)10-17(19,9-13)11-16/h1-4,13-14,19H,5-11H2. The third-order valence-electron chi connectivity index (χ3n) is 5.64. The maximum absolute atomic E-state index is 13.0. The highest BCUT2D eigenvalue weighted by atomic mass is 19.1. The van der Waals surface area contributed by atoms with Crippen LogP contribution >= 0.6 is 0 Å². The van der Waals surface area contributed by atoms with Gasteiger partial charge in [-0.1, -0.05) is 12.1 Å². The molecule has 2 atom stereocenters. The van der Waals surface area contributed by atoms with Crippen molar-refractivity contribution >= 4 is 0 Å². The van der Waals surface area contributed by atoms with Crippen LogP contribution < -0.4 is 0 Å². The Kier molecular flexibility index (Phi) is 2.39. The van der Waals surface area contributed by atoms with E-state index in [-0.39, 0.29) is 16.8 Å².